The number of amides is 1. The van der Waals surface area contributed by atoms with Gasteiger partial charge >= 0.3 is 0 Å². The van der Waals surface area contributed by atoms with Crippen molar-refractivity contribution in [1.82, 2.24) is 19.9 Å². The van der Waals surface area contributed by atoms with E-state index in [-0.39, 0.29) is 21.3 Å². The Balaban J connectivity index is 0.00000140. The maximum Gasteiger partial charge on any atom is 0.247 e. The van der Waals surface area contributed by atoms with Crippen LogP contribution in [-0.2, 0) is 9.53 Å². The van der Waals surface area contributed by atoms with Gasteiger partial charge in [0.1, 0.15) is 0 Å². The minimum atomic E-state index is 0. The molecule has 9 heteroatoms. The Morgan fingerprint density at radius 2 is 2.00 bits per heavy atom. The third-order valence-electron chi connectivity index (χ3n) is 4.79. The third-order valence-corrected chi connectivity index (χ3v) is 4.79. The molecule has 0 saturated carbocycles. The Morgan fingerprint density at radius 1 is 1.23 bits per heavy atom. The number of nitrogens with zero attached hydrogens (tertiary/aromatic N) is 5. The molecule has 0 atom stereocenters. The number of carbonyl (C=O) groups is 1. The molecule has 4 heterocycles. The molecule has 4 rings (SSSR count). The summed E-state index contributed by atoms with van der Waals surface area (Å²) >= 11 is 0. The van der Waals surface area contributed by atoms with Gasteiger partial charge in [-0.3, -0.25) is 9.69 Å². The highest BCUT2D eigenvalue weighted by molar-refractivity contribution is 6.00. The number of fused-ring (bicyclic) bond motifs is 1. The van der Waals surface area contributed by atoms with Crippen molar-refractivity contribution in [3.05, 3.63) is 18.6 Å². The number of anilines is 3. The molecule has 0 unspecified atom stereocenters. The van der Waals surface area contributed by atoms with Crippen LogP contribution in [0.3, 0.4) is 0 Å². The number of rotatable bonds is 4. The van der Waals surface area contributed by atoms with Crippen LogP contribution in [0.15, 0.2) is 18.6 Å². The lowest BCUT2D eigenvalue weighted by atomic mass is 9.96. The predicted molar refractivity (Wildman–Crippen MR) is 101 cm³/mol. The molecule has 0 aromatic carbocycles. The van der Waals surface area contributed by atoms with Gasteiger partial charge in [-0.2, -0.15) is 0 Å². The first kappa shape index (κ1) is 16.6. The Hall–Kier alpha value is -2.81. The van der Waals surface area contributed by atoms with E-state index < -0.39 is 0 Å². The number of nitrogens with two attached hydrogens (primary N) is 1. The van der Waals surface area contributed by atoms with E-state index in [1.54, 1.807) is 23.5 Å². The van der Waals surface area contributed by atoms with E-state index in [1.807, 2.05) is 0 Å². The van der Waals surface area contributed by atoms with Crippen molar-refractivity contribution in [2.24, 2.45) is 5.92 Å². The summed E-state index contributed by atoms with van der Waals surface area (Å²) in [5.41, 5.74) is 6.85. The van der Waals surface area contributed by atoms with Crippen molar-refractivity contribution in [3.63, 3.8) is 0 Å². The Morgan fingerprint density at radius 3 is 2.77 bits per heavy atom. The molecule has 140 valence electrons. The smallest absolute Gasteiger partial charge is 0.247 e. The lowest BCUT2D eigenvalue weighted by Crippen LogP contribution is -2.42. The highest BCUT2D eigenvalue weighted by Gasteiger charge is 2.28. The number of aromatic nitrogens is 4. The Bertz CT molecular complexity index is 801. The van der Waals surface area contributed by atoms with Crippen molar-refractivity contribution >= 4 is 23.5 Å². The summed E-state index contributed by atoms with van der Waals surface area (Å²) in [6, 6.07) is 0. The quantitative estimate of drug-likeness (QED) is 0.844. The molecular weight excluding hydrogens is 334 g/mol. The van der Waals surface area contributed by atoms with Crippen LogP contribution < -0.4 is 16.0 Å². The minimum Gasteiger partial charge on any atom is -0.381 e. The van der Waals surface area contributed by atoms with Gasteiger partial charge in [0.25, 0.3) is 0 Å². The average molecular weight is 359 g/mol. The second-order valence-electron chi connectivity index (χ2n) is 6.50. The number of hydrogen-bond donors (Lipinski definition) is 2. The van der Waals surface area contributed by atoms with Gasteiger partial charge in [0, 0.05) is 40.6 Å². The summed E-state index contributed by atoms with van der Waals surface area (Å²) in [7, 11) is 0. The van der Waals surface area contributed by atoms with Gasteiger partial charge in [-0.05, 0) is 25.2 Å². The van der Waals surface area contributed by atoms with Crippen LogP contribution >= 0.6 is 0 Å². The first-order valence-corrected chi connectivity index (χ1v) is 8.77. The molecule has 9 nitrogen and oxygen atoms in total. The molecule has 1 amide bonds. The zero-order valence-corrected chi connectivity index (χ0v) is 14.4. The molecular formula is C17H25N7O2. The monoisotopic (exact) mass is 359 g/mol. The molecule has 2 aliphatic heterocycles. The number of carbonyl (C=O) groups excluding carboxylic acids is 1. The molecule has 2 aliphatic rings. The minimum absolute atomic E-state index is 0. The maximum atomic E-state index is 12.5. The van der Waals surface area contributed by atoms with E-state index in [1.165, 1.54) is 0 Å². The number of nitrogen functional groups attached to an aromatic ring is 1. The summed E-state index contributed by atoms with van der Waals surface area (Å²) in [4.78, 5) is 31.2. The van der Waals surface area contributed by atoms with Crippen LogP contribution in [-0.4, -0.2) is 52.1 Å². The summed E-state index contributed by atoms with van der Waals surface area (Å²) < 4.78 is 5.41. The second-order valence-corrected chi connectivity index (χ2v) is 6.50. The standard InChI is InChI=1S/C17H21N7O2.2H2/c18-17-21-7-12(8-22-17)13-9-19-15-16(23-13)24(14(25)10-20-15)4-1-11-2-5-26-6-3-11;;/h7-9,11H,1-6,10H2,(H,19,20)(H2,18,21,22);2*1H. The second kappa shape index (κ2) is 7.20. The van der Waals surface area contributed by atoms with Gasteiger partial charge < -0.3 is 15.8 Å². The molecule has 0 radical (unpaired) electrons. The summed E-state index contributed by atoms with van der Waals surface area (Å²) in [6.45, 7) is 2.48. The largest absolute Gasteiger partial charge is 0.381 e. The summed E-state index contributed by atoms with van der Waals surface area (Å²) in [6.07, 6.45) is 7.87. The molecule has 3 N–H and O–H groups in total. The molecule has 0 bridgehead atoms. The summed E-state index contributed by atoms with van der Waals surface area (Å²) in [5.74, 6) is 1.97. The first-order chi connectivity index (χ1) is 12.7. The lowest BCUT2D eigenvalue weighted by molar-refractivity contribution is -0.117. The van der Waals surface area contributed by atoms with Crippen molar-refractivity contribution in [2.45, 2.75) is 19.3 Å². The van der Waals surface area contributed by atoms with Gasteiger partial charge in [0.05, 0.1) is 18.4 Å². The average Bonchev–Trinajstić information content (AvgIpc) is 2.68. The van der Waals surface area contributed by atoms with E-state index in [0.29, 0.717) is 35.4 Å². The van der Waals surface area contributed by atoms with Gasteiger partial charge in [-0.15, -0.1) is 0 Å². The van der Waals surface area contributed by atoms with Gasteiger partial charge in [-0.1, -0.05) is 0 Å². The molecule has 26 heavy (non-hydrogen) atoms. The molecule has 0 aliphatic carbocycles. The van der Waals surface area contributed by atoms with E-state index >= 15 is 0 Å². The van der Waals surface area contributed by atoms with Crippen molar-refractivity contribution in [3.8, 4) is 11.3 Å². The zero-order valence-electron chi connectivity index (χ0n) is 14.4. The van der Waals surface area contributed by atoms with Crippen LogP contribution in [0.4, 0.5) is 17.6 Å². The van der Waals surface area contributed by atoms with Crippen LogP contribution in [0.5, 0.6) is 0 Å². The highest BCUT2D eigenvalue weighted by atomic mass is 16.5. The number of ether oxygens (including phenoxy) is 1. The van der Waals surface area contributed by atoms with Crippen molar-refractivity contribution in [1.29, 1.82) is 0 Å². The molecule has 0 spiro atoms. The van der Waals surface area contributed by atoms with Gasteiger partial charge in [-0.25, -0.2) is 19.9 Å². The molecule has 1 fully saturated rings. The van der Waals surface area contributed by atoms with E-state index in [2.05, 4.69) is 25.3 Å². The molecule has 2 aromatic heterocycles. The molecule has 2 aromatic rings. The molecule has 1 saturated heterocycles. The van der Waals surface area contributed by atoms with Crippen molar-refractivity contribution < 1.29 is 12.4 Å². The number of nitrogens with one attached hydrogen (secondary N) is 1. The fourth-order valence-electron chi connectivity index (χ4n) is 3.25. The SMILES string of the molecule is Nc1ncc(-c2cnc3c(n2)N(CCC2CCOCC2)C(=O)CN3)cn1.[HH].[HH]. The fourth-order valence-corrected chi connectivity index (χ4v) is 3.25. The van der Waals surface area contributed by atoms with Crippen LogP contribution in [0.2, 0.25) is 0 Å². The van der Waals surface area contributed by atoms with Gasteiger partial charge in [0.2, 0.25) is 11.9 Å². The Labute approximate surface area is 154 Å². The third kappa shape index (κ3) is 3.43. The normalized spacial score (nSPS) is 17.7. The first-order valence-electron chi connectivity index (χ1n) is 8.77. The van der Waals surface area contributed by atoms with E-state index in [9.17, 15) is 4.79 Å². The summed E-state index contributed by atoms with van der Waals surface area (Å²) in [5, 5.41) is 3.03. The predicted octanol–water partition coefficient (Wildman–Crippen LogP) is 1.58. The van der Waals surface area contributed by atoms with Crippen LogP contribution in [0.1, 0.15) is 22.1 Å². The number of hydrogen-bond acceptors (Lipinski definition) is 8. The Kier molecular flexibility index (Phi) is 4.61. The lowest BCUT2D eigenvalue weighted by Gasteiger charge is -2.30. The topological polar surface area (TPSA) is 119 Å². The van der Waals surface area contributed by atoms with E-state index in [0.717, 1.165) is 32.5 Å². The zero-order chi connectivity index (χ0) is 17.9. The van der Waals surface area contributed by atoms with Crippen molar-refractivity contribution in [2.75, 3.05) is 42.3 Å². The van der Waals surface area contributed by atoms with Crippen LogP contribution in [0.25, 0.3) is 11.3 Å². The van der Waals surface area contributed by atoms with Gasteiger partial charge in [0.15, 0.2) is 11.6 Å². The van der Waals surface area contributed by atoms with Crippen LogP contribution in [0, 0.1) is 5.92 Å². The fraction of sp³-hybridized carbons (Fsp3) is 0.471. The van der Waals surface area contributed by atoms with E-state index in [4.69, 9.17) is 10.5 Å². The highest BCUT2D eigenvalue weighted by Crippen LogP contribution is 2.29. The maximum absolute atomic E-state index is 12.5.